The second kappa shape index (κ2) is 3.27. The first-order valence-electron chi connectivity index (χ1n) is 2.84. The minimum absolute atomic E-state index is 0.415. The molecule has 0 aliphatic heterocycles. The SMILES string of the molecule is O=CCc1ccc(C=O)s1. The molecule has 0 bridgehead atoms. The van der Waals surface area contributed by atoms with E-state index in [-0.39, 0.29) is 0 Å². The molecule has 0 aliphatic rings. The van der Waals surface area contributed by atoms with Crippen LogP contribution in [0.25, 0.3) is 0 Å². The van der Waals surface area contributed by atoms with E-state index in [1.807, 2.05) is 0 Å². The summed E-state index contributed by atoms with van der Waals surface area (Å²) in [6.07, 6.45) is 2.04. The predicted molar refractivity (Wildman–Crippen MR) is 39.5 cm³/mol. The van der Waals surface area contributed by atoms with Crippen LogP contribution in [0.5, 0.6) is 0 Å². The summed E-state index contributed by atoms with van der Waals surface area (Å²) >= 11 is 1.36. The van der Waals surface area contributed by atoms with Gasteiger partial charge in [-0.15, -0.1) is 11.3 Å². The van der Waals surface area contributed by atoms with Crippen molar-refractivity contribution in [2.45, 2.75) is 6.42 Å². The summed E-state index contributed by atoms with van der Waals surface area (Å²) in [5.41, 5.74) is 0. The zero-order valence-electron chi connectivity index (χ0n) is 5.24. The Balaban J connectivity index is 2.77. The first-order chi connectivity index (χ1) is 4.86. The Morgan fingerprint density at radius 2 is 2.20 bits per heavy atom. The largest absolute Gasteiger partial charge is 0.303 e. The molecule has 1 aromatic rings. The molecule has 0 unspecified atom stereocenters. The van der Waals surface area contributed by atoms with Crippen molar-refractivity contribution in [3.8, 4) is 0 Å². The van der Waals surface area contributed by atoms with E-state index < -0.39 is 0 Å². The third kappa shape index (κ3) is 1.51. The van der Waals surface area contributed by atoms with Crippen molar-refractivity contribution in [2.24, 2.45) is 0 Å². The quantitative estimate of drug-likeness (QED) is 0.615. The summed E-state index contributed by atoms with van der Waals surface area (Å²) < 4.78 is 0. The van der Waals surface area contributed by atoms with Crippen molar-refractivity contribution in [1.29, 1.82) is 0 Å². The molecule has 10 heavy (non-hydrogen) atoms. The van der Waals surface area contributed by atoms with Crippen molar-refractivity contribution in [1.82, 2.24) is 0 Å². The zero-order valence-corrected chi connectivity index (χ0v) is 6.06. The maximum Gasteiger partial charge on any atom is 0.160 e. The van der Waals surface area contributed by atoms with Crippen molar-refractivity contribution >= 4 is 23.9 Å². The van der Waals surface area contributed by atoms with E-state index in [1.165, 1.54) is 11.3 Å². The normalized spacial score (nSPS) is 9.20. The van der Waals surface area contributed by atoms with E-state index in [9.17, 15) is 9.59 Å². The third-order valence-corrected chi connectivity index (χ3v) is 2.12. The topological polar surface area (TPSA) is 34.1 Å². The molecule has 0 spiro atoms. The van der Waals surface area contributed by atoms with Gasteiger partial charge in [0, 0.05) is 11.3 Å². The molecule has 0 fully saturated rings. The third-order valence-electron chi connectivity index (χ3n) is 1.08. The lowest BCUT2D eigenvalue weighted by molar-refractivity contribution is -0.107. The standard InChI is InChI=1S/C7H6O2S/c8-4-3-6-1-2-7(5-9)10-6/h1-2,4-5H,3H2. The molecule has 3 heteroatoms. The number of rotatable bonds is 3. The number of carbonyl (C=O) groups is 2. The van der Waals surface area contributed by atoms with E-state index >= 15 is 0 Å². The zero-order chi connectivity index (χ0) is 7.40. The fourth-order valence-electron chi connectivity index (χ4n) is 0.650. The number of carbonyl (C=O) groups excluding carboxylic acids is 2. The molecule has 0 aromatic carbocycles. The van der Waals surface area contributed by atoms with Gasteiger partial charge in [-0.3, -0.25) is 4.79 Å². The lowest BCUT2D eigenvalue weighted by Gasteiger charge is -1.79. The van der Waals surface area contributed by atoms with Gasteiger partial charge in [-0.2, -0.15) is 0 Å². The van der Waals surface area contributed by atoms with E-state index in [2.05, 4.69) is 0 Å². The van der Waals surface area contributed by atoms with Crippen LogP contribution >= 0.6 is 11.3 Å². The summed E-state index contributed by atoms with van der Waals surface area (Å²) in [5.74, 6) is 0. The van der Waals surface area contributed by atoms with E-state index in [0.29, 0.717) is 11.3 Å². The van der Waals surface area contributed by atoms with Crippen LogP contribution in [0.2, 0.25) is 0 Å². The van der Waals surface area contributed by atoms with Crippen molar-refractivity contribution in [2.75, 3.05) is 0 Å². The van der Waals surface area contributed by atoms with Crippen molar-refractivity contribution < 1.29 is 9.59 Å². The Labute approximate surface area is 62.5 Å². The van der Waals surface area contributed by atoms with Gasteiger partial charge in [-0.05, 0) is 12.1 Å². The number of hydrogen-bond acceptors (Lipinski definition) is 3. The number of aldehydes is 2. The van der Waals surface area contributed by atoms with Gasteiger partial charge in [0.15, 0.2) is 6.29 Å². The highest BCUT2D eigenvalue weighted by molar-refractivity contribution is 7.13. The molecule has 0 radical (unpaired) electrons. The van der Waals surface area contributed by atoms with Crippen LogP contribution in [-0.4, -0.2) is 12.6 Å². The highest BCUT2D eigenvalue weighted by atomic mass is 32.1. The van der Waals surface area contributed by atoms with Gasteiger partial charge in [-0.25, -0.2) is 0 Å². The van der Waals surface area contributed by atoms with Crippen LogP contribution in [-0.2, 0) is 11.2 Å². The van der Waals surface area contributed by atoms with Crippen molar-refractivity contribution in [3.05, 3.63) is 21.9 Å². The van der Waals surface area contributed by atoms with E-state index in [1.54, 1.807) is 12.1 Å². The Kier molecular flexibility index (Phi) is 2.34. The van der Waals surface area contributed by atoms with Crippen LogP contribution < -0.4 is 0 Å². The molecule has 52 valence electrons. The maximum atomic E-state index is 10.1. The second-order valence-electron chi connectivity index (χ2n) is 1.79. The first-order valence-corrected chi connectivity index (χ1v) is 3.66. The molecule has 0 aliphatic carbocycles. The summed E-state index contributed by atoms with van der Waals surface area (Å²) in [6.45, 7) is 0. The average Bonchev–Trinajstić information content (AvgIpc) is 2.37. The Hall–Kier alpha value is -0.960. The van der Waals surface area contributed by atoms with Gasteiger partial charge in [0.25, 0.3) is 0 Å². The van der Waals surface area contributed by atoms with Gasteiger partial charge in [0.2, 0.25) is 0 Å². The smallest absolute Gasteiger partial charge is 0.160 e. The Morgan fingerprint density at radius 3 is 2.70 bits per heavy atom. The van der Waals surface area contributed by atoms with Crippen LogP contribution in [0.4, 0.5) is 0 Å². The lowest BCUT2D eigenvalue weighted by atomic mass is 10.4. The average molecular weight is 154 g/mol. The lowest BCUT2D eigenvalue weighted by Crippen LogP contribution is -1.76. The van der Waals surface area contributed by atoms with Gasteiger partial charge in [0.05, 0.1) is 4.88 Å². The Morgan fingerprint density at radius 1 is 1.40 bits per heavy atom. The van der Waals surface area contributed by atoms with Crippen LogP contribution in [0, 0.1) is 0 Å². The molecule has 0 amide bonds. The summed E-state index contributed by atoms with van der Waals surface area (Å²) in [7, 11) is 0. The molecule has 1 rings (SSSR count). The van der Waals surface area contributed by atoms with Crippen LogP contribution in [0.15, 0.2) is 12.1 Å². The Bertz CT molecular complexity index is 240. The van der Waals surface area contributed by atoms with Crippen LogP contribution in [0.1, 0.15) is 14.5 Å². The summed E-state index contributed by atoms with van der Waals surface area (Å²) in [6, 6.07) is 3.51. The summed E-state index contributed by atoms with van der Waals surface area (Å²) in [4.78, 5) is 21.8. The highest BCUT2D eigenvalue weighted by Crippen LogP contribution is 2.13. The van der Waals surface area contributed by atoms with Crippen LogP contribution in [0.3, 0.4) is 0 Å². The van der Waals surface area contributed by atoms with E-state index in [4.69, 9.17) is 0 Å². The molecule has 2 nitrogen and oxygen atoms in total. The monoisotopic (exact) mass is 154 g/mol. The van der Waals surface area contributed by atoms with Crippen molar-refractivity contribution in [3.63, 3.8) is 0 Å². The molecular formula is C7H6O2S. The van der Waals surface area contributed by atoms with Gasteiger partial charge >= 0.3 is 0 Å². The molecular weight excluding hydrogens is 148 g/mol. The van der Waals surface area contributed by atoms with E-state index in [0.717, 1.165) is 17.4 Å². The maximum absolute atomic E-state index is 10.1. The minimum Gasteiger partial charge on any atom is -0.303 e. The van der Waals surface area contributed by atoms with Gasteiger partial charge in [-0.1, -0.05) is 0 Å². The minimum atomic E-state index is 0.415. The fraction of sp³-hybridized carbons (Fsp3) is 0.143. The van der Waals surface area contributed by atoms with Gasteiger partial charge < -0.3 is 4.79 Å². The molecule has 0 atom stereocenters. The number of thiophene rings is 1. The fourth-order valence-corrected chi connectivity index (χ4v) is 1.42. The molecule has 1 aromatic heterocycles. The summed E-state index contributed by atoms with van der Waals surface area (Å²) in [5, 5.41) is 0. The highest BCUT2D eigenvalue weighted by Gasteiger charge is 1.96. The van der Waals surface area contributed by atoms with Gasteiger partial charge in [0.1, 0.15) is 6.29 Å². The number of hydrogen-bond donors (Lipinski definition) is 0. The molecule has 0 saturated carbocycles. The molecule has 0 N–H and O–H groups in total. The second-order valence-corrected chi connectivity index (χ2v) is 2.99. The first kappa shape index (κ1) is 7.15. The molecule has 0 saturated heterocycles. The molecule has 1 heterocycles. The predicted octanol–water partition coefficient (Wildman–Crippen LogP) is 1.30.